The molecule has 2 aromatic rings. The zero-order valence-corrected chi connectivity index (χ0v) is 19.2. The predicted molar refractivity (Wildman–Crippen MR) is 120 cm³/mol. The molecule has 0 radical (unpaired) electrons. The van der Waals surface area contributed by atoms with E-state index in [1.54, 1.807) is 16.2 Å². The van der Waals surface area contributed by atoms with E-state index < -0.39 is 0 Å². The van der Waals surface area contributed by atoms with Gasteiger partial charge in [0, 0.05) is 24.6 Å². The maximum atomic E-state index is 13.4. The van der Waals surface area contributed by atoms with Gasteiger partial charge in [-0.25, -0.2) is 0 Å². The zero-order chi connectivity index (χ0) is 22.0. The largest absolute Gasteiger partial charge is 0.491 e. The van der Waals surface area contributed by atoms with E-state index in [0.717, 1.165) is 36.1 Å². The molecule has 166 valence electrons. The van der Waals surface area contributed by atoms with Gasteiger partial charge in [-0.05, 0) is 61.7 Å². The molecule has 1 atom stereocenters. The van der Waals surface area contributed by atoms with Crippen LogP contribution in [0.25, 0.3) is 0 Å². The molecule has 1 aromatic carbocycles. The lowest BCUT2D eigenvalue weighted by atomic mass is 10.00. The van der Waals surface area contributed by atoms with Crippen molar-refractivity contribution in [3.8, 4) is 5.75 Å². The number of methoxy groups -OCH3 is 1. The molecule has 0 saturated heterocycles. The first-order valence-electron chi connectivity index (χ1n) is 10.8. The fourth-order valence-corrected chi connectivity index (χ4v) is 5.18. The van der Waals surface area contributed by atoms with Crippen molar-refractivity contribution in [2.45, 2.75) is 45.2 Å². The third-order valence-electron chi connectivity index (χ3n) is 6.02. The van der Waals surface area contributed by atoms with E-state index in [1.807, 2.05) is 24.0 Å². The number of nitrogens with zero attached hydrogens (tertiary/aromatic N) is 2. The smallest absolute Gasteiger partial charge is 0.249 e. The SMILES string of the molecule is COCC(=O)N(CC(=O)N1CCc2sccc2C1COc1ccc(C)cc1C)C1CC1. The predicted octanol–water partition coefficient (Wildman–Crippen LogP) is 3.51. The topological polar surface area (TPSA) is 59.1 Å². The summed E-state index contributed by atoms with van der Waals surface area (Å²) in [5, 5.41) is 2.08. The van der Waals surface area contributed by atoms with Crippen molar-refractivity contribution < 1.29 is 19.1 Å². The van der Waals surface area contributed by atoms with Gasteiger partial charge in [0.1, 0.15) is 25.5 Å². The summed E-state index contributed by atoms with van der Waals surface area (Å²) in [6, 6.07) is 8.25. The minimum atomic E-state index is -0.151. The van der Waals surface area contributed by atoms with Crippen LogP contribution in [0.5, 0.6) is 5.75 Å². The number of ether oxygens (including phenoxy) is 2. The lowest BCUT2D eigenvalue weighted by Gasteiger charge is -2.37. The van der Waals surface area contributed by atoms with Crippen molar-refractivity contribution in [2.24, 2.45) is 0 Å². The van der Waals surface area contributed by atoms with Gasteiger partial charge in [-0.15, -0.1) is 11.3 Å². The molecule has 0 N–H and O–H groups in total. The second-order valence-corrected chi connectivity index (χ2v) is 9.42. The highest BCUT2D eigenvalue weighted by molar-refractivity contribution is 7.10. The summed E-state index contributed by atoms with van der Waals surface area (Å²) in [5.41, 5.74) is 3.44. The minimum absolute atomic E-state index is 0.0116. The zero-order valence-electron chi connectivity index (χ0n) is 18.4. The van der Waals surface area contributed by atoms with E-state index in [4.69, 9.17) is 9.47 Å². The second-order valence-electron chi connectivity index (χ2n) is 8.42. The average Bonchev–Trinajstić information content (AvgIpc) is 3.47. The summed E-state index contributed by atoms with van der Waals surface area (Å²) >= 11 is 1.74. The first-order valence-corrected chi connectivity index (χ1v) is 11.7. The Hall–Kier alpha value is -2.38. The fourth-order valence-electron chi connectivity index (χ4n) is 4.25. The van der Waals surface area contributed by atoms with Crippen LogP contribution in [-0.2, 0) is 20.7 Å². The molecule has 31 heavy (non-hydrogen) atoms. The molecular formula is C24H30N2O4S. The quantitative estimate of drug-likeness (QED) is 0.628. The van der Waals surface area contributed by atoms with Crippen LogP contribution < -0.4 is 4.74 Å². The van der Waals surface area contributed by atoms with Crippen LogP contribution in [0.3, 0.4) is 0 Å². The van der Waals surface area contributed by atoms with Crippen LogP contribution in [0.15, 0.2) is 29.6 Å². The van der Waals surface area contributed by atoms with Crippen LogP contribution >= 0.6 is 11.3 Å². The van der Waals surface area contributed by atoms with Crippen molar-refractivity contribution in [3.05, 3.63) is 51.2 Å². The first-order chi connectivity index (χ1) is 15.0. The number of hydrogen-bond acceptors (Lipinski definition) is 5. The van der Waals surface area contributed by atoms with E-state index in [9.17, 15) is 9.59 Å². The third kappa shape index (κ3) is 4.93. The average molecular weight is 443 g/mol. The van der Waals surface area contributed by atoms with Crippen LogP contribution in [0.2, 0.25) is 0 Å². The number of rotatable bonds is 8. The summed E-state index contributed by atoms with van der Waals surface area (Å²) in [4.78, 5) is 30.7. The summed E-state index contributed by atoms with van der Waals surface area (Å²) in [7, 11) is 1.51. The van der Waals surface area contributed by atoms with Gasteiger partial charge >= 0.3 is 0 Å². The molecule has 1 fully saturated rings. The van der Waals surface area contributed by atoms with Crippen molar-refractivity contribution >= 4 is 23.2 Å². The highest BCUT2D eigenvalue weighted by Gasteiger charge is 2.37. The van der Waals surface area contributed by atoms with Crippen LogP contribution in [0.1, 0.15) is 40.5 Å². The molecule has 1 unspecified atom stereocenters. The molecule has 1 aliphatic carbocycles. The van der Waals surface area contributed by atoms with Crippen molar-refractivity contribution in [1.29, 1.82) is 0 Å². The number of benzene rings is 1. The van der Waals surface area contributed by atoms with Gasteiger partial charge in [0.15, 0.2) is 0 Å². The van der Waals surface area contributed by atoms with Gasteiger partial charge in [0.05, 0.1) is 6.04 Å². The maximum absolute atomic E-state index is 13.4. The summed E-state index contributed by atoms with van der Waals surface area (Å²) in [6.45, 7) is 5.26. The van der Waals surface area contributed by atoms with Crippen molar-refractivity contribution in [1.82, 2.24) is 9.80 Å². The summed E-state index contributed by atoms with van der Waals surface area (Å²) in [5.74, 6) is 0.701. The molecule has 4 rings (SSSR count). The Bertz CT molecular complexity index is 953. The number of carbonyl (C=O) groups excluding carboxylic acids is 2. The third-order valence-corrected chi connectivity index (χ3v) is 7.02. The molecule has 0 spiro atoms. The van der Waals surface area contributed by atoms with E-state index >= 15 is 0 Å². The van der Waals surface area contributed by atoms with Crippen LogP contribution in [0, 0.1) is 13.8 Å². The van der Waals surface area contributed by atoms with Gasteiger partial charge in [0.25, 0.3) is 0 Å². The van der Waals surface area contributed by atoms with Crippen LogP contribution in [0.4, 0.5) is 0 Å². The van der Waals surface area contributed by atoms with E-state index in [0.29, 0.717) is 13.2 Å². The van der Waals surface area contributed by atoms with Gasteiger partial charge in [0.2, 0.25) is 11.8 Å². The van der Waals surface area contributed by atoms with Gasteiger partial charge in [-0.1, -0.05) is 17.7 Å². The molecule has 2 amide bonds. The van der Waals surface area contributed by atoms with Gasteiger partial charge in [-0.3, -0.25) is 9.59 Å². The Kier molecular flexibility index (Phi) is 6.62. The maximum Gasteiger partial charge on any atom is 0.249 e. The second kappa shape index (κ2) is 9.40. The van der Waals surface area contributed by atoms with Gasteiger partial charge < -0.3 is 19.3 Å². The molecule has 2 aliphatic rings. The summed E-state index contributed by atoms with van der Waals surface area (Å²) < 4.78 is 11.2. The first kappa shape index (κ1) is 21.8. The van der Waals surface area contributed by atoms with Crippen LogP contribution in [-0.4, -0.2) is 61.1 Å². The normalized spacial score (nSPS) is 17.9. The molecule has 7 heteroatoms. The number of carbonyl (C=O) groups is 2. The lowest BCUT2D eigenvalue weighted by Crippen LogP contribution is -2.49. The Labute approximate surface area is 187 Å². The highest BCUT2D eigenvalue weighted by atomic mass is 32.1. The number of fused-ring (bicyclic) bond motifs is 1. The van der Waals surface area contributed by atoms with Crippen molar-refractivity contribution in [3.63, 3.8) is 0 Å². The molecule has 2 heterocycles. The van der Waals surface area contributed by atoms with E-state index in [1.165, 1.54) is 17.6 Å². The fraction of sp³-hybridized carbons (Fsp3) is 0.500. The molecule has 1 aromatic heterocycles. The number of hydrogen-bond donors (Lipinski definition) is 0. The monoisotopic (exact) mass is 442 g/mol. The van der Waals surface area contributed by atoms with E-state index in [2.05, 4.69) is 24.4 Å². The van der Waals surface area contributed by atoms with Crippen molar-refractivity contribution in [2.75, 3.05) is 33.4 Å². The van der Waals surface area contributed by atoms with Gasteiger partial charge in [-0.2, -0.15) is 0 Å². The Morgan fingerprint density at radius 3 is 2.74 bits per heavy atom. The minimum Gasteiger partial charge on any atom is -0.491 e. The molecule has 0 bridgehead atoms. The Morgan fingerprint density at radius 2 is 2.03 bits per heavy atom. The molecular weight excluding hydrogens is 412 g/mol. The molecule has 1 saturated carbocycles. The summed E-state index contributed by atoms with van der Waals surface area (Å²) in [6.07, 6.45) is 2.75. The Balaban J connectivity index is 1.51. The standard InChI is InChI=1S/C24H30N2O4S/c1-16-4-7-21(17(2)12-16)30-14-20-19-9-11-31-22(19)8-10-25(20)23(27)13-26(18-5-6-18)24(28)15-29-3/h4,7,9,11-12,18,20H,5-6,8,10,13-15H2,1-3H3. The Morgan fingerprint density at radius 1 is 1.23 bits per heavy atom. The highest BCUT2D eigenvalue weighted by Crippen LogP contribution is 2.35. The lowest BCUT2D eigenvalue weighted by molar-refractivity contribution is -0.145. The number of aryl methyl sites for hydroxylation is 2. The molecule has 6 nitrogen and oxygen atoms in total. The number of amides is 2. The van der Waals surface area contributed by atoms with E-state index in [-0.39, 0.29) is 37.0 Å². The molecule has 1 aliphatic heterocycles. The number of thiophene rings is 1.